The third-order valence-corrected chi connectivity index (χ3v) is 5.89. The summed E-state index contributed by atoms with van der Waals surface area (Å²) < 4.78 is 30.7. The average molecular weight is 506 g/mol. The Balaban J connectivity index is 0.00000364. The van der Waals surface area contributed by atoms with E-state index in [1.54, 1.807) is 37.4 Å². The zero-order chi connectivity index (χ0) is 19.2. The number of halogens is 1. The van der Waals surface area contributed by atoms with E-state index in [4.69, 9.17) is 4.42 Å². The minimum Gasteiger partial charge on any atom is -0.444 e. The lowest BCUT2D eigenvalue weighted by molar-refractivity contribution is 0.462. The maximum atomic E-state index is 12.6. The molecule has 0 spiro atoms. The summed E-state index contributed by atoms with van der Waals surface area (Å²) in [5.41, 5.74) is 0.852. The molecule has 1 aromatic carbocycles. The maximum absolute atomic E-state index is 12.6. The fourth-order valence-corrected chi connectivity index (χ4v) is 4.03. The molecular weight excluding hydrogens is 479 g/mol. The van der Waals surface area contributed by atoms with Crippen LogP contribution >= 0.6 is 24.0 Å². The molecule has 9 heteroatoms. The number of hydrogen-bond donors (Lipinski definition) is 2. The van der Waals surface area contributed by atoms with Crippen molar-refractivity contribution in [1.82, 2.24) is 15.6 Å². The summed E-state index contributed by atoms with van der Waals surface area (Å²) in [5.74, 6) is 1.84. The lowest BCUT2D eigenvalue weighted by atomic mass is 10.3. The number of hydrogen-bond acceptors (Lipinski definition) is 5. The number of benzene rings is 1. The number of nitrogens with one attached hydrogen (secondary N) is 2. The molecule has 0 bridgehead atoms. The van der Waals surface area contributed by atoms with E-state index in [2.05, 4.69) is 20.6 Å². The first-order chi connectivity index (χ1) is 12.4. The maximum Gasteiger partial charge on any atom is 0.214 e. The summed E-state index contributed by atoms with van der Waals surface area (Å²) >= 11 is 0. The highest BCUT2D eigenvalue weighted by Gasteiger charge is 2.21. The van der Waals surface area contributed by atoms with Crippen LogP contribution in [-0.4, -0.2) is 38.2 Å². The van der Waals surface area contributed by atoms with Gasteiger partial charge < -0.3 is 15.1 Å². The highest BCUT2D eigenvalue weighted by atomic mass is 127. The number of sulfone groups is 1. The van der Waals surface area contributed by atoms with Gasteiger partial charge in [-0.2, -0.15) is 0 Å². The first kappa shape index (κ1) is 23.4. The number of nitrogens with zero attached hydrogens (tertiary/aromatic N) is 2. The predicted octanol–water partition coefficient (Wildman–Crippen LogP) is 2.83. The molecular formula is C18H27IN4O3S. The summed E-state index contributed by atoms with van der Waals surface area (Å²) in [6, 6.07) is 8.21. The lowest BCUT2D eigenvalue weighted by Gasteiger charge is -2.20. The van der Waals surface area contributed by atoms with Gasteiger partial charge in [-0.3, -0.25) is 4.99 Å². The van der Waals surface area contributed by atoms with E-state index in [0.29, 0.717) is 29.7 Å². The molecule has 1 unspecified atom stereocenters. The fraction of sp³-hybridized carbons (Fsp3) is 0.444. The van der Waals surface area contributed by atoms with Gasteiger partial charge in [-0.15, -0.1) is 24.0 Å². The van der Waals surface area contributed by atoms with Crippen molar-refractivity contribution in [3.8, 4) is 0 Å². The van der Waals surface area contributed by atoms with Crippen LogP contribution < -0.4 is 10.6 Å². The summed E-state index contributed by atoms with van der Waals surface area (Å²) in [6.45, 7) is 6.06. The molecule has 0 radical (unpaired) electrons. The van der Waals surface area contributed by atoms with Gasteiger partial charge in [0.05, 0.1) is 22.9 Å². The Hall–Kier alpha value is -1.62. The Morgan fingerprint density at radius 3 is 2.44 bits per heavy atom. The monoisotopic (exact) mass is 506 g/mol. The van der Waals surface area contributed by atoms with Crippen LogP contribution in [0, 0.1) is 13.8 Å². The SMILES string of the molecule is CCC(CS(=O)(=O)c1ccccc1)NC(=NC)NCc1nc(C)c(C)o1.I. The Kier molecular flexibility index (Phi) is 9.23. The van der Waals surface area contributed by atoms with Gasteiger partial charge in [0.1, 0.15) is 5.76 Å². The second-order valence-corrected chi connectivity index (χ2v) is 8.05. The van der Waals surface area contributed by atoms with Crippen molar-refractivity contribution < 1.29 is 12.8 Å². The van der Waals surface area contributed by atoms with Gasteiger partial charge in [0.25, 0.3) is 0 Å². The molecule has 0 fully saturated rings. The Morgan fingerprint density at radius 1 is 1.26 bits per heavy atom. The minimum atomic E-state index is -3.37. The molecule has 150 valence electrons. The topological polar surface area (TPSA) is 96.6 Å². The van der Waals surface area contributed by atoms with Crippen LogP contribution in [0.3, 0.4) is 0 Å². The number of aryl methyl sites for hydroxylation is 2. The number of aliphatic imine (C=N–C) groups is 1. The molecule has 0 aliphatic heterocycles. The lowest BCUT2D eigenvalue weighted by Crippen LogP contribution is -2.45. The molecule has 1 heterocycles. The van der Waals surface area contributed by atoms with Crippen LogP contribution in [0.1, 0.15) is 30.7 Å². The van der Waals surface area contributed by atoms with Gasteiger partial charge in [0, 0.05) is 13.1 Å². The smallest absolute Gasteiger partial charge is 0.214 e. The molecule has 1 atom stereocenters. The molecule has 27 heavy (non-hydrogen) atoms. The summed E-state index contributed by atoms with van der Waals surface area (Å²) in [5, 5.41) is 6.27. The van der Waals surface area contributed by atoms with E-state index in [-0.39, 0.29) is 35.8 Å². The zero-order valence-corrected chi connectivity index (χ0v) is 19.2. The van der Waals surface area contributed by atoms with Crippen molar-refractivity contribution >= 4 is 39.8 Å². The van der Waals surface area contributed by atoms with Crippen LogP contribution in [-0.2, 0) is 16.4 Å². The summed E-state index contributed by atoms with van der Waals surface area (Å²) in [7, 11) is -1.73. The Labute approximate surface area is 178 Å². The van der Waals surface area contributed by atoms with E-state index < -0.39 is 9.84 Å². The molecule has 2 rings (SSSR count). The van der Waals surface area contributed by atoms with Gasteiger partial charge in [0.15, 0.2) is 15.8 Å². The fourth-order valence-electron chi connectivity index (χ4n) is 2.41. The van der Waals surface area contributed by atoms with E-state index in [0.717, 1.165) is 11.5 Å². The van der Waals surface area contributed by atoms with E-state index >= 15 is 0 Å². The summed E-state index contributed by atoms with van der Waals surface area (Å²) in [6.07, 6.45) is 0.643. The van der Waals surface area contributed by atoms with E-state index in [1.807, 2.05) is 20.8 Å². The van der Waals surface area contributed by atoms with Gasteiger partial charge in [-0.05, 0) is 32.4 Å². The Morgan fingerprint density at radius 2 is 1.93 bits per heavy atom. The number of aromatic nitrogens is 1. The largest absolute Gasteiger partial charge is 0.444 e. The molecule has 0 aliphatic rings. The predicted molar refractivity (Wildman–Crippen MR) is 117 cm³/mol. The van der Waals surface area contributed by atoms with Crippen molar-refractivity contribution in [3.63, 3.8) is 0 Å². The molecule has 7 nitrogen and oxygen atoms in total. The molecule has 0 amide bonds. The van der Waals surface area contributed by atoms with Crippen molar-refractivity contribution in [1.29, 1.82) is 0 Å². The van der Waals surface area contributed by atoms with Crippen molar-refractivity contribution in [3.05, 3.63) is 47.7 Å². The molecule has 2 N–H and O–H groups in total. The average Bonchev–Trinajstić information content (AvgIpc) is 2.96. The van der Waals surface area contributed by atoms with Gasteiger partial charge in [-0.25, -0.2) is 13.4 Å². The Bertz CT molecular complexity index is 831. The molecule has 0 aliphatic carbocycles. The van der Waals surface area contributed by atoms with Crippen LogP contribution in [0.15, 0.2) is 44.6 Å². The van der Waals surface area contributed by atoms with E-state index in [9.17, 15) is 8.42 Å². The first-order valence-corrected chi connectivity index (χ1v) is 10.2. The molecule has 2 aromatic rings. The van der Waals surface area contributed by atoms with E-state index in [1.165, 1.54) is 0 Å². The standard InChI is InChI=1S/C18H26N4O3S.HI/c1-5-15(12-26(23,24)16-9-7-6-8-10-16)22-18(19-4)20-11-17-21-13(2)14(3)25-17;/h6-10,15H,5,11-12H2,1-4H3,(H2,19,20,22);1H. The number of rotatable bonds is 7. The van der Waals surface area contributed by atoms with Crippen molar-refractivity contribution in [2.75, 3.05) is 12.8 Å². The third kappa shape index (κ3) is 6.80. The highest BCUT2D eigenvalue weighted by Crippen LogP contribution is 2.12. The zero-order valence-electron chi connectivity index (χ0n) is 16.0. The molecule has 0 saturated carbocycles. The van der Waals surface area contributed by atoms with Gasteiger partial charge in [-0.1, -0.05) is 25.1 Å². The normalized spacial score (nSPS) is 13.0. The highest BCUT2D eigenvalue weighted by molar-refractivity contribution is 14.0. The van der Waals surface area contributed by atoms with Gasteiger partial charge in [0.2, 0.25) is 5.89 Å². The van der Waals surface area contributed by atoms with Crippen LogP contribution in [0.25, 0.3) is 0 Å². The number of guanidine groups is 1. The number of oxazole rings is 1. The van der Waals surface area contributed by atoms with Crippen LogP contribution in [0.2, 0.25) is 0 Å². The third-order valence-electron chi connectivity index (χ3n) is 4.06. The summed E-state index contributed by atoms with van der Waals surface area (Å²) in [4.78, 5) is 8.79. The van der Waals surface area contributed by atoms with Gasteiger partial charge >= 0.3 is 0 Å². The van der Waals surface area contributed by atoms with Crippen LogP contribution in [0.4, 0.5) is 0 Å². The minimum absolute atomic E-state index is 0. The second-order valence-electron chi connectivity index (χ2n) is 6.02. The van der Waals surface area contributed by atoms with Crippen LogP contribution in [0.5, 0.6) is 0 Å². The quantitative estimate of drug-likeness (QED) is 0.341. The first-order valence-electron chi connectivity index (χ1n) is 8.53. The molecule has 0 saturated heterocycles. The molecule has 1 aromatic heterocycles. The van der Waals surface area contributed by atoms with Crippen molar-refractivity contribution in [2.45, 2.75) is 44.7 Å². The van der Waals surface area contributed by atoms with Crippen molar-refractivity contribution in [2.24, 2.45) is 4.99 Å². The second kappa shape index (κ2) is 10.6.